The van der Waals surface area contributed by atoms with Gasteiger partial charge in [-0.2, -0.15) is 0 Å². The third-order valence-electron chi connectivity index (χ3n) is 3.50. The SMILES string of the molecule is [CH2]CCCCCCCCOCCC(C)CC(C)(C)C. The lowest BCUT2D eigenvalue weighted by Crippen LogP contribution is -2.12. The highest BCUT2D eigenvalue weighted by Gasteiger charge is 2.14. The Kier molecular flexibility index (Phi) is 11.7. The maximum Gasteiger partial charge on any atom is 0.0468 e. The van der Waals surface area contributed by atoms with E-state index in [2.05, 4.69) is 34.6 Å². The molecule has 0 fully saturated rings. The molecule has 0 aliphatic rings. The van der Waals surface area contributed by atoms with Crippen LogP contribution < -0.4 is 0 Å². The van der Waals surface area contributed by atoms with E-state index in [1.54, 1.807) is 0 Å². The first-order chi connectivity index (χ1) is 8.95. The van der Waals surface area contributed by atoms with E-state index in [0.29, 0.717) is 5.41 Å². The Balaban J connectivity index is 3.18. The predicted molar refractivity (Wildman–Crippen MR) is 86.3 cm³/mol. The van der Waals surface area contributed by atoms with Crippen LogP contribution in [0.25, 0.3) is 0 Å². The monoisotopic (exact) mass is 269 g/mol. The van der Waals surface area contributed by atoms with Crippen molar-refractivity contribution in [2.45, 2.75) is 85.5 Å². The van der Waals surface area contributed by atoms with Gasteiger partial charge in [0, 0.05) is 13.2 Å². The Morgan fingerprint density at radius 2 is 1.47 bits per heavy atom. The second kappa shape index (κ2) is 11.8. The molecule has 0 saturated carbocycles. The molecule has 1 heteroatoms. The van der Waals surface area contributed by atoms with Crippen molar-refractivity contribution in [1.29, 1.82) is 0 Å². The molecule has 1 nitrogen and oxygen atoms in total. The molecule has 1 unspecified atom stereocenters. The molecular weight excluding hydrogens is 232 g/mol. The molecule has 0 bridgehead atoms. The van der Waals surface area contributed by atoms with E-state index in [0.717, 1.165) is 25.6 Å². The van der Waals surface area contributed by atoms with Gasteiger partial charge in [0.1, 0.15) is 0 Å². The Morgan fingerprint density at radius 3 is 2.05 bits per heavy atom. The van der Waals surface area contributed by atoms with Gasteiger partial charge in [-0.15, -0.1) is 0 Å². The van der Waals surface area contributed by atoms with Crippen molar-refractivity contribution >= 4 is 0 Å². The van der Waals surface area contributed by atoms with Crippen molar-refractivity contribution in [1.82, 2.24) is 0 Å². The van der Waals surface area contributed by atoms with Crippen molar-refractivity contribution in [2.24, 2.45) is 11.3 Å². The average Bonchev–Trinajstić information content (AvgIpc) is 2.29. The van der Waals surface area contributed by atoms with Crippen molar-refractivity contribution in [3.8, 4) is 0 Å². The minimum atomic E-state index is 0.452. The minimum Gasteiger partial charge on any atom is -0.381 e. The van der Waals surface area contributed by atoms with Crippen LogP contribution in [0.2, 0.25) is 0 Å². The highest BCUT2D eigenvalue weighted by atomic mass is 16.5. The third kappa shape index (κ3) is 15.9. The van der Waals surface area contributed by atoms with E-state index in [1.807, 2.05) is 0 Å². The van der Waals surface area contributed by atoms with Crippen molar-refractivity contribution in [2.75, 3.05) is 13.2 Å². The first kappa shape index (κ1) is 19.0. The molecule has 1 atom stereocenters. The summed E-state index contributed by atoms with van der Waals surface area (Å²) in [6.07, 6.45) is 11.5. The Labute approximate surface area is 122 Å². The summed E-state index contributed by atoms with van der Waals surface area (Å²) in [5.41, 5.74) is 0.452. The number of hydrogen-bond acceptors (Lipinski definition) is 1. The summed E-state index contributed by atoms with van der Waals surface area (Å²) in [5, 5.41) is 0. The lowest BCUT2D eigenvalue weighted by Gasteiger charge is -2.23. The van der Waals surface area contributed by atoms with Crippen LogP contribution in [0.5, 0.6) is 0 Å². The Bertz CT molecular complexity index is 181. The summed E-state index contributed by atoms with van der Waals surface area (Å²) in [4.78, 5) is 0. The van der Waals surface area contributed by atoms with Gasteiger partial charge in [0.15, 0.2) is 0 Å². The summed E-state index contributed by atoms with van der Waals surface area (Å²) in [6.45, 7) is 15.1. The molecule has 0 N–H and O–H groups in total. The molecule has 19 heavy (non-hydrogen) atoms. The zero-order valence-corrected chi connectivity index (χ0v) is 14.0. The van der Waals surface area contributed by atoms with E-state index in [1.165, 1.54) is 51.4 Å². The van der Waals surface area contributed by atoms with Crippen LogP contribution in [0, 0.1) is 18.3 Å². The highest BCUT2D eigenvalue weighted by molar-refractivity contribution is 4.66. The molecule has 0 aromatic heterocycles. The Morgan fingerprint density at radius 1 is 0.895 bits per heavy atom. The van der Waals surface area contributed by atoms with Gasteiger partial charge in [0.05, 0.1) is 0 Å². The molecule has 0 heterocycles. The quantitative estimate of drug-likeness (QED) is 0.393. The molecule has 1 radical (unpaired) electrons. The van der Waals surface area contributed by atoms with Crippen LogP contribution in [0.1, 0.15) is 85.5 Å². The van der Waals surface area contributed by atoms with Crippen LogP contribution in [-0.2, 0) is 4.74 Å². The average molecular weight is 269 g/mol. The summed E-state index contributed by atoms with van der Waals surface area (Å²) >= 11 is 0. The van der Waals surface area contributed by atoms with Gasteiger partial charge >= 0.3 is 0 Å². The number of rotatable bonds is 12. The zero-order chi connectivity index (χ0) is 14.6. The number of hydrogen-bond donors (Lipinski definition) is 0. The van der Waals surface area contributed by atoms with Gasteiger partial charge in [-0.3, -0.25) is 0 Å². The van der Waals surface area contributed by atoms with E-state index in [-0.39, 0.29) is 0 Å². The van der Waals surface area contributed by atoms with Gasteiger partial charge < -0.3 is 4.74 Å². The topological polar surface area (TPSA) is 9.23 Å². The largest absolute Gasteiger partial charge is 0.381 e. The molecule has 0 aromatic rings. The first-order valence-electron chi connectivity index (χ1n) is 8.32. The summed E-state index contributed by atoms with van der Waals surface area (Å²) in [5.74, 6) is 0.780. The third-order valence-corrected chi connectivity index (χ3v) is 3.50. The van der Waals surface area contributed by atoms with Gasteiger partial charge in [-0.05, 0) is 30.6 Å². The standard InChI is InChI=1S/C18H37O/c1-6-7-8-9-10-11-12-14-19-15-13-17(2)16-18(3,4)5/h17H,1,6-16H2,2-5H3. The summed E-state index contributed by atoms with van der Waals surface area (Å²) in [6, 6.07) is 0. The fourth-order valence-electron chi connectivity index (χ4n) is 2.62. The highest BCUT2D eigenvalue weighted by Crippen LogP contribution is 2.25. The zero-order valence-electron chi connectivity index (χ0n) is 14.0. The van der Waals surface area contributed by atoms with Crippen molar-refractivity contribution in [3.63, 3.8) is 0 Å². The minimum absolute atomic E-state index is 0.452. The molecule has 0 amide bonds. The molecule has 0 rings (SSSR count). The van der Waals surface area contributed by atoms with Crippen molar-refractivity contribution in [3.05, 3.63) is 6.92 Å². The first-order valence-corrected chi connectivity index (χ1v) is 8.32. The predicted octanol–water partition coefficient (Wildman–Crippen LogP) is 6.03. The van der Waals surface area contributed by atoms with Gasteiger partial charge in [-0.1, -0.05) is 73.1 Å². The molecule has 0 spiro atoms. The molecule has 115 valence electrons. The van der Waals surface area contributed by atoms with E-state index in [9.17, 15) is 0 Å². The lowest BCUT2D eigenvalue weighted by molar-refractivity contribution is 0.112. The molecule has 0 saturated heterocycles. The molecular formula is C18H37O. The van der Waals surface area contributed by atoms with Crippen LogP contribution in [0.4, 0.5) is 0 Å². The summed E-state index contributed by atoms with van der Waals surface area (Å²) in [7, 11) is 0. The molecule has 0 aliphatic carbocycles. The van der Waals surface area contributed by atoms with Gasteiger partial charge in [0.25, 0.3) is 0 Å². The van der Waals surface area contributed by atoms with Crippen molar-refractivity contribution < 1.29 is 4.74 Å². The number of ether oxygens (including phenoxy) is 1. The molecule has 0 aliphatic heterocycles. The van der Waals surface area contributed by atoms with E-state index < -0.39 is 0 Å². The van der Waals surface area contributed by atoms with Crippen LogP contribution in [0.15, 0.2) is 0 Å². The van der Waals surface area contributed by atoms with Gasteiger partial charge in [0.2, 0.25) is 0 Å². The summed E-state index contributed by atoms with van der Waals surface area (Å²) < 4.78 is 5.74. The van der Waals surface area contributed by atoms with Crippen LogP contribution >= 0.6 is 0 Å². The second-order valence-electron chi connectivity index (χ2n) is 7.25. The number of unbranched alkanes of at least 4 members (excludes halogenated alkanes) is 6. The maximum absolute atomic E-state index is 5.74. The second-order valence-corrected chi connectivity index (χ2v) is 7.25. The lowest BCUT2D eigenvalue weighted by atomic mass is 9.84. The Hall–Kier alpha value is -0.0400. The van der Waals surface area contributed by atoms with Gasteiger partial charge in [-0.25, -0.2) is 0 Å². The van der Waals surface area contributed by atoms with Crippen LogP contribution in [0.3, 0.4) is 0 Å². The van der Waals surface area contributed by atoms with E-state index >= 15 is 0 Å². The normalized spacial score (nSPS) is 13.7. The maximum atomic E-state index is 5.74. The van der Waals surface area contributed by atoms with E-state index in [4.69, 9.17) is 4.74 Å². The molecule has 0 aromatic carbocycles. The fraction of sp³-hybridized carbons (Fsp3) is 0.944. The van der Waals surface area contributed by atoms with Crippen LogP contribution in [-0.4, -0.2) is 13.2 Å². The smallest absolute Gasteiger partial charge is 0.0468 e. The fourth-order valence-corrected chi connectivity index (χ4v) is 2.62.